The number of hydrogen-bond donors (Lipinski definition) is 3. The second-order valence-corrected chi connectivity index (χ2v) is 4.79. The number of hydrogen-bond acceptors (Lipinski definition) is 6. The molecule has 0 unspecified atom stereocenters. The van der Waals surface area contributed by atoms with Crippen molar-refractivity contribution >= 4 is 23.6 Å². The van der Waals surface area contributed by atoms with Crippen LogP contribution in [0.4, 0.5) is 0 Å². The summed E-state index contributed by atoms with van der Waals surface area (Å²) >= 11 is 1.52. The molecule has 0 aliphatic carbocycles. The molecule has 4 N–H and O–H groups in total. The molecule has 1 rings (SSSR count). The molecule has 9 heteroatoms. The van der Waals surface area contributed by atoms with E-state index in [2.05, 4.69) is 15.6 Å². The Bertz CT molecular complexity index is 437. The fourth-order valence-corrected chi connectivity index (χ4v) is 1.84. The predicted molar refractivity (Wildman–Crippen MR) is 71.0 cm³/mol. The smallest absolute Gasteiger partial charge is 0.326 e. The lowest BCUT2D eigenvalue weighted by atomic mass is 10.2. The van der Waals surface area contributed by atoms with Gasteiger partial charge >= 0.3 is 5.97 Å². The van der Waals surface area contributed by atoms with E-state index in [1.165, 1.54) is 22.6 Å². The first-order valence-corrected chi connectivity index (χ1v) is 7.10. The first-order chi connectivity index (χ1) is 9.08. The number of nitrogens with zero attached hydrogens (tertiary/aromatic N) is 3. The molecule has 0 aromatic carbocycles. The van der Waals surface area contributed by atoms with Crippen molar-refractivity contribution in [1.29, 1.82) is 0 Å². The van der Waals surface area contributed by atoms with Gasteiger partial charge in [0.05, 0.1) is 12.7 Å². The number of aliphatic carboxylic acids is 1. The molecule has 0 spiro atoms. The van der Waals surface area contributed by atoms with Crippen LogP contribution >= 0.6 is 11.8 Å². The van der Waals surface area contributed by atoms with Crippen molar-refractivity contribution in [3.63, 3.8) is 0 Å². The van der Waals surface area contributed by atoms with Gasteiger partial charge in [0, 0.05) is 6.54 Å². The van der Waals surface area contributed by atoms with E-state index in [1.807, 2.05) is 6.26 Å². The van der Waals surface area contributed by atoms with Gasteiger partial charge in [-0.3, -0.25) is 9.48 Å². The van der Waals surface area contributed by atoms with Gasteiger partial charge in [-0.2, -0.15) is 11.8 Å². The highest BCUT2D eigenvalue weighted by Crippen LogP contribution is 2.02. The second kappa shape index (κ2) is 7.74. The zero-order valence-corrected chi connectivity index (χ0v) is 11.4. The number of thioether (sulfide) groups is 1. The van der Waals surface area contributed by atoms with E-state index in [0.29, 0.717) is 25.3 Å². The third-order valence-electron chi connectivity index (χ3n) is 2.34. The number of nitrogens with two attached hydrogens (primary N) is 1. The number of carbonyl (C=O) groups excluding carboxylic acids is 1. The number of carboxylic acids is 1. The molecule has 0 saturated heterocycles. The normalized spacial score (nSPS) is 12.1. The minimum Gasteiger partial charge on any atom is -0.480 e. The first-order valence-electron chi connectivity index (χ1n) is 5.71. The first kappa shape index (κ1) is 15.4. The molecular weight excluding hydrogens is 270 g/mol. The third kappa shape index (κ3) is 4.87. The summed E-state index contributed by atoms with van der Waals surface area (Å²) in [5.41, 5.74) is 5.44. The van der Waals surface area contributed by atoms with Gasteiger partial charge in [0.25, 0.3) is 5.91 Å². The zero-order valence-electron chi connectivity index (χ0n) is 10.6. The maximum Gasteiger partial charge on any atom is 0.326 e. The Morgan fingerprint density at radius 1 is 1.63 bits per heavy atom. The Morgan fingerprint density at radius 2 is 2.37 bits per heavy atom. The van der Waals surface area contributed by atoms with Crippen LogP contribution in [-0.2, 0) is 11.3 Å². The summed E-state index contributed by atoms with van der Waals surface area (Å²) in [5, 5.41) is 18.8. The van der Waals surface area contributed by atoms with E-state index >= 15 is 0 Å². The molecule has 0 saturated carbocycles. The van der Waals surface area contributed by atoms with E-state index in [9.17, 15) is 9.59 Å². The van der Waals surface area contributed by atoms with Crippen LogP contribution in [0.25, 0.3) is 0 Å². The van der Waals surface area contributed by atoms with Crippen LogP contribution in [0.15, 0.2) is 6.20 Å². The number of carboxylic acid groups (broad SMARTS) is 1. The van der Waals surface area contributed by atoms with Gasteiger partial charge in [-0.25, -0.2) is 4.79 Å². The third-order valence-corrected chi connectivity index (χ3v) is 2.99. The zero-order chi connectivity index (χ0) is 14.3. The maximum absolute atomic E-state index is 11.8. The van der Waals surface area contributed by atoms with E-state index < -0.39 is 17.9 Å². The monoisotopic (exact) mass is 287 g/mol. The summed E-state index contributed by atoms with van der Waals surface area (Å²) in [6.07, 6.45) is 3.67. The van der Waals surface area contributed by atoms with Crippen molar-refractivity contribution in [3.8, 4) is 0 Å². The minimum absolute atomic E-state index is 0.0869. The Labute approximate surface area is 114 Å². The van der Waals surface area contributed by atoms with Crippen molar-refractivity contribution in [3.05, 3.63) is 11.9 Å². The highest BCUT2D eigenvalue weighted by atomic mass is 32.2. The van der Waals surface area contributed by atoms with Crippen LogP contribution in [0.1, 0.15) is 16.9 Å². The van der Waals surface area contributed by atoms with Gasteiger partial charge < -0.3 is 16.2 Å². The molecule has 106 valence electrons. The molecule has 1 aromatic heterocycles. The van der Waals surface area contributed by atoms with Crippen LogP contribution < -0.4 is 11.1 Å². The molecule has 19 heavy (non-hydrogen) atoms. The van der Waals surface area contributed by atoms with Gasteiger partial charge in [0.15, 0.2) is 5.69 Å². The standard InChI is InChI=1S/C10H17N5O3S/c1-19-5-2-7(10(17)18)12-9(16)8-6-15(4-3-11)14-13-8/h6-7H,2-5,11H2,1H3,(H,12,16)(H,17,18)/t7-/m0/s1. The number of nitrogens with one attached hydrogen (secondary N) is 1. The van der Waals surface area contributed by atoms with Gasteiger partial charge in [0.2, 0.25) is 0 Å². The number of carbonyl (C=O) groups is 2. The summed E-state index contributed by atoms with van der Waals surface area (Å²) in [6.45, 7) is 0.838. The molecular formula is C10H17N5O3S. The van der Waals surface area contributed by atoms with Crippen molar-refractivity contribution in [1.82, 2.24) is 20.3 Å². The Balaban J connectivity index is 2.62. The summed E-state index contributed by atoms with van der Waals surface area (Å²) in [5.74, 6) is -0.953. The lowest BCUT2D eigenvalue weighted by Crippen LogP contribution is -2.41. The average molecular weight is 287 g/mol. The van der Waals surface area contributed by atoms with Crippen LogP contribution in [0.3, 0.4) is 0 Å². The van der Waals surface area contributed by atoms with E-state index in [-0.39, 0.29) is 5.69 Å². The quantitative estimate of drug-likeness (QED) is 0.570. The van der Waals surface area contributed by atoms with Crippen molar-refractivity contribution in [2.24, 2.45) is 5.73 Å². The van der Waals surface area contributed by atoms with Crippen LogP contribution in [0.2, 0.25) is 0 Å². The fraction of sp³-hybridized carbons (Fsp3) is 0.600. The molecule has 1 aromatic rings. The highest BCUT2D eigenvalue weighted by Gasteiger charge is 2.21. The van der Waals surface area contributed by atoms with Crippen LogP contribution in [-0.4, -0.2) is 56.6 Å². The van der Waals surface area contributed by atoms with Crippen LogP contribution in [0, 0.1) is 0 Å². The summed E-state index contributed by atoms with van der Waals surface area (Å²) in [6, 6.07) is -0.917. The topological polar surface area (TPSA) is 123 Å². The highest BCUT2D eigenvalue weighted by molar-refractivity contribution is 7.98. The van der Waals surface area contributed by atoms with E-state index in [0.717, 1.165) is 0 Å². The maximum atomic E-state index is 11.8. The number of aromatic nitrogens is 3. The van der Waals surface area contributed by atoms with Gasteiger partial charge in [-0.1, -0.05) is 5.21 Å². The van der Waals surface area contributed by atoms with Crippen molar-refractivity contribution in [2.75, 3.05) is 18.6 Å². The molecule has 8 nitrogen and oxygen atoms in total. The lowest BCUT2D eigenvalue weighted by Gasteiger charge is -2.12. The molecule has 0 fully saturated rings. The van der Waals surface area contributed by atoms with Gasteiger partial charge in [-0.15, -0.1) is 5.10 Å². The average Bonchev–Trinajstić information content (AvgIpc) is 2.83. The molecule has 1 amide bonds. The Hall–Kier alpha value is -1.61. The summed E-state index contributed by atoms with van der Waals surface area (Å²) < 4.78 is 1.44. The largest absolute Gasteiger partial charge is 0.480 e. The molecule has 1 heterocycles. The fourth-order valence-electron chi connectivity index (χ4n) is 1.37. The SMILES string of the molecule is CSCC[C@H](NC(=O)c1cn(CCN)nn1)C(=O)O. The van der Waals surface area contributed by atoms with Gasteiger partial charge in [-0.05, 0) is 18.4 Å². The van der Waals surface area contributed by atoms with E-state index in [1.54, 1.807) is 0 Å². The Kier molecular flexibility index (Phi) is 6.30. The summed E-state index contributed by atoms with van der Waals surface area (Å²) in [4.78, 5) is 22.8. The molecule has 0 aliphatic rings. The molecule has 1 atom stereocenters. The second-order valence-electron chi connectivity index (χ2n) is 3.80. The molecule has 0 aliphatic heterocycles. The molecule has 0 bridgehead atoms. The minimum atomic E-state index is -1.06. The van der Waals surface area contributed by atoms with Crippen LogP contribution in [0.5, 0.6) is 0 Å². The predicted octanol–water partition coefficient (Wildman–Crippen LogP) is -0.827. The van der Waals surface area contributed by atoms with Crippen molar-refractivity contribution < 1.29 is 14.7 Å². The summed E-state index contributed by atoms with van der Waals surface area (Å²) in [7, 11) is 0. The Morgan fingerprint density at radius 3 is 2.95 bits per heavy atom. The van der Waals surface area contributed by atoms with E-state index in [4.69, 9.17) is 10.8 Å². The lowest BCUT2D eigenvalue weighted by molar-refractivity contribution is -0.139. The van der Waals surface area contributed by atoms with Crippen molar-refractivity contribution in [2.45, 2.75) is 19.0 Å². The number of amides is 1. The number of rotatable bonds is 8. The molecule has 0 radical (unpaired) electrons. The van der Waals surface area contributed by atoms with Gasteiger partial charge in [0.1, 0.15) is 6.04 Å².